The highest BCUT2D eigenvalue weighted by molar-refractivity contribution is 5.02. The van der Waals surface area contributed by atoms with Gasteiger partial charge < -0.3 is 0 Å². The molecule has 0 nitrogen and oxygen atoms in total. The maximum absolute atomic E-state index is 14.2. The number of hydrogen-bond donors (Lipinski definition) is 0. The molecule has 0 bridgehead atoms. The molecule has 15 heavy (non-hydrogen) atoms. The van der Waals surface area contributed by atoms with E-state index in [-0.39, 0.29) is 0 Å². The Morgan fingerprint density at radius 2 is 1.33 bits per heavy atom. The molecule has 3 heteroatoms. The van der Waals surface area contributed by atoms with E-state index < -0.39 is 22.9 Å². The van der Waals surface area contributed by atoms with Crippen LogP contribution in [0.3, 0.4) is 0 Å². The summed E-state index contributed by atoms with van der Waals surface area (Å²) in [6.07, 6.45) is -1.84. The predicted molar refractivity (Wildman–Crippen MR) is 58.0 cm³/mol. The highest BCUT2D eigenvalue weighted by atomic mass is 19.3. The van der Waals surface area contributed by atoms with Gasteiger partial charge in [-0.3, -0.25) is 0 Å². The van der Waals surface area contributed by atoms with Gasteiger partial charge in [-0.1, -0.05) is 41.0 Å². The van der Waals surface area contributed by atoms with Gasteiger partial charge in [-0.2, -0.15) is 0 Å². The Labute approximate surface area is 91.3 Å². The minimum atomic E-state index is -2.94. The standard InChI is InChI=1S/C12H23F3/c1-7-10(3,4)11(5,8-2)12(6,15)9(13)14/h9H,7-8H2,1-6H3. The lowest BCUT2D eigenvalue weighted by Gasteiger charge is -2.50. The Hall–Kier alpha value is -0.210. The summed E-state index contributed by atoms with van der Waals surface area (Å²) in [7, 11) is 0. The molecule has 0 aromatic rings. The number of alkyl halides is 3. The summed E-state index contributed by atoms with van der Waals surface area (Å²) in [6, 6.07) is 0. The maximum atomic E-state index is 14.2. The van der Waals surface area contributed by atoms with Crippen molar-refractivity contribution >= 4 is 0 Å². The van der Waals surface area contributed by atoms with Gasteiger partial charge in [0.15, 0.2) is 5.67 Å². The number of hydrogen-bond acceptors (Lipinski definition) is 0. The van der Waals surface area contributed by atoms with Gasteiger partial charge in [0.05, 0.1) is 0 Å². The van der Waals surface area contributed by atoms with Gasteiger partial charge >= 0.3 is 0 Å². The first-order valence-corrected chi connectivity index (χ1v) is 5.54. The smallest absolute Gasteiger partial charge is 0.237 e. The highest BCUT2D eigenvalue weighted by Crippen LogP contribution is 2.54. The van der Waals surface area contributed by atoms with Crippen LogP contribution in [0.15, 0.2) is 0 Å². The van der Waals surface area contributed by atoms with E-state index >= 15 is 0 Å². The summed E-state index contributed by atoms with van der Waals surface area (Å²) in [4.78, 5) is 0. The first-order chi connectivity index (χ1) is 6.56. The maximum Gasteiger partial charge on any atom is 0.272 e. The molecule has 0 aromatic carbocycles. The van der Waals surface area contributed by atoms with Gasteiger partial charge in [-0.25, -0.2) is 13.2 Å². The van der Waals surface area contributed by atoms with Crippen LogP contribution in [0.25, 0.3) is 0 Å². The molecule has 0 amide bonds. The van der Waals surface area contributed by atoms with E-state index in [1.807, 2.05) is 20.8 Å². The fourth-order valence-electron chi connectivity index (χ4n) is 2.12. The highest BCUT2D eigenvalue weighted by Gasteiger charge is 2.57. The molecule has 92 valence electrons. The summed E-state index contributed by atoms with van der Waals surface area (Å²) < 4.78 is 39.8. The van der Waals surface area contributed by atoms with Crippen molar-refractivity contribution in [3.8, 4) is 0 Å². The molecule has 0 rings (SSSR count). The second-order valence-corrected chi connectivity index (χ2v) is 5.30. The quantitative estimate of drug-likeness (QED) is 0.627. The monoisotopic (exact) mass is 224 g/mol. The van der Waals surface area contributed by atoms with Crippen LogP contribution in [0.5, 0.6) is 0 Å². The van der Waals surface area contributed by atoms with Crippen LogP contribution in [-0.2, 0) is 0 Å². The zero-order valence-electron chi connectivity index (χ0n) is 10.6. The van der Waals surface area contributed by atoms with Crippen LogP contribution in [0, 0.1) is 10.8 Å². The van der Waals surface area contributed by atoms with Crippen molar-refractivity contribution < 1.29 is 13.2 Å². The molecular weight excluding hydrogens is 201 g/mol. The predicted octanol–water partition coefficient (Wildman–Crippen LogP) is 4.83. The molecule has 0 spiro atoms. The van der Waals surface area contributed by atoms with E-state index in [4.69, 9.17) is 0 Å². The molecule has 0 saturated heterocycles. The van der Waals surface area contributed by atoms with Crippen molar-refractivity contribution in [3.05, 3.63) is 0 Å². The van der Waals surface area contributed by atoms with Crippen molar-refractivity contribution in [3.63, 3.8) is 0 Å². The number of rotatable bonds is 5. The molecule has 0 radical (unpaired) electrons. The Morgan fingerprint density at radius 1 is 0.933 bits per heavy atom. The molecule has 0 aliphatic heterocycles. The van der Waals surface area contributed by atoms with Crippen molar-refractivity contribution in [1.82, 2.24) is 0 Å². The molecule has 0 saturated carbocycles. The zero-order valence-corrected chi connectivity index (χ0v) is 10.6. The fourth-order valence-corrected chi connectivity index (χ4v) is 2.12. The lowest BCUT2D eigenvalue weighted by molar-refractivity contribution is -0.153. The molecule has 2 atom stereocenters. The fraction of sp³-hybridized carbons (Fsp3) is 1.00. The van der Waals surface area contributed by atoms with E-state index in [9.17, 15) is 13.2 Å². The van der Waals surface area contributed by atoms with Crippen molar-refractivity contribution in [1.29, 1.82) is 0 Å². The number of halogens is 3. The summed E-state index contributed by atoms with van der Waals surface area (Å²) in [5, 5.41) is 0. The molecule has 0 aliphatic carbocycles. The van der Waals surface area contributed by atoms with Gasteiger partial charge in [0.2, 0.25) is 0 Å². The minimum Gasteiger partial charge on any atom is -0.237 e. The molecule has 0 N–H and O–H groups in total. The third-order valence-corrected chi connectivity index (χ3v) is 4.57. The molecule has 0 heterocycles. The van der Waals surface area contributed by atoms with Gasteiger partial charge in [0.1, 0.15) is 0 Å². The van der Waals surface area contributed by atoms with Gasteiger partial charge in [-0.05, 0) is 18.8 Å². The minimum absolute atomic E-state index is 0.408. The van der Waals surface area contributed by atoms with E-state index in [0.29, 0.717) is 12.8 Å². The van der Waals surface area contributed by atoms with Crippen LogP contribution in [0.4, 0.5) is 13.2 Å². The average molecular weight is 224 g/mol. The van der Waals surface area contributed by atoms with Crippen LogP contribution in [-0.4, -0.2) is 12.1 Å². The van der Waals surface area contributed by atoms with Crippen molar-refractivity contribution in [2.45, 2.75) is 66.5 Å². The van der Waals surface area contributed by atoms with Gasteiger partial charge in [0.25, 0.3) is 6.43 Å². The molecule has 0 aliphatic rings. The van der Waals surface area contributed by atoms with E-state index in [1.54, 1.807) is 13.8 Å². The van der Waals surface area contributed by atoms with Gasteiger partial charge in [-0.15, -0.1) is 0 Å². The largest absolute Gasteiger partial charge is 0.272 e. The normalized spacial score (nSPS) is 21.2. The van der Waals surface area contributed by atoms with Crippen LogP contribution in [0.2, 0.25) is 0 Å². The first kappa shape index (κ1) is 14.8. The molecule has 0 fully saturated rings. The SMILES string of the molecule is CCC(C)(C)C(C)(CC)C(C)(F)C(F)F. The topological polar surface area (TPSA) is 0 Å². The third-order valence-electron chi connectivity index (χ3n) is 4.57. The van der Waals surface area contributed by atoms with Crippen molar-refractivity contribution in [2.24, 2.45) is 10.8 Å². The molecule has 2 unspecified atom stereocenters. The van der Waals surface area contributed by atoms with Crippen molar-refractivity contribution in [2.75, 3.05) is 0 Å². The Bertz CT molecular complexity index is 209. The van der Waals surface area contributed by atoms with E-state index in [1.165, 1.54) is 0 Å². The zero-order chi connectivity index (χ0) is 12.5. The Balaban J connectivity index is 5.36. The summed E-state index contributed by atoms with van der Waals surface area (Å²) >= 11 is 0. The molecular formula is C12H23F3. The van der Waals surface area contributed by atoms with E-state index in [0.717, 1.165) is 6.92 Å². The lowest BCUT2D eigenvalue weighted by atomic mass is 9.56. The summed E-state index contributed by atoms with van der Waals surface area (Å²) in [5.41, 5.74) is -3.90. The first-order valence-electron chi connectivity index (χ1n) is 5.54. The third kappa shape index (κ3) is 2.16. The second-order valence-electron chi connectivity index (χ2n) is 5.30. The second kappa shape index (κ2) is 4.34. The Kier molecular flexibility index (Phi) is 4.28. The van der Waals surface area contributed by atoms with Crippen LogP contribution in [0.1, 0.15) is 54.4 Å². The Morgan fingerprint density at radius 3 is 1.53 bits per heavy atom. The average Bonchev–Trinajstić information content (AvgIpc) is 2.15. The van der Waals surface area contributed by atoms with Crippen LogP contribution >= 0.6 is 0 Å². The summed E-state index contributed by atoms with van der Waals surface area (Å²) in [5.74, 6) is 0. The van der Waals surface area contributed by atoms with E-state index in [2.05, 4.69) is 0 Å². The van der Waals surface area contributed by atoms with Gasteiger partial charge in [0, 0.05) is 5.41 Å². The summed E-state index contributed by atoms with van der Waals surface area (Å²) in [6.45, 7) is 10.1. The molecule has 0 aromatic heterocycles. The van der Waals surface area contributed by atoms with Crippen LogP contribution < -0.4 is 0 Å². The lowest BCUT2D eigenvalue weighted by Crippen LogP contribution is -2.53.